The first-order valence-electron chi connectivity index (χ1n) is 5.09. The van der Waals surface area contributed by atoms with Gasteiger partial charge in [0.15, 0.2) is 0 Å². The molecule has 0 aromatic rings. The van der Waals surface area contributed by atoms with Crippen molar-refractivity contribution in [3.8, 4) is 0 Å². The van der Waals surface area contributed by atoms with Gasteiger partial charge in [0.1, 0.15) is 0 Å². The average molecular weight is 217 g/mol. The molecule has 0 heterocycles. The molecule has 4 N–H and O–H groups in total. The van der Waals surface area contributed by atoms with Crippen LogP contribution in [0.25, 0.3) is 0 Å². The Labute approximate surface area is 89.3 Å². The quantitative estimate of drug-likeness (QED) is 0.638. The molecule has 0 unspecified atom stereocenters. The summed E-state index contributed by atoms with van der Waals surface area (Å²) in [6, 6.07) is 0. The second-order valence-corrected chi connectivity index (χ2v) is 3.81. The molecule has 0 saturated heterocycles. The van der Waals surface area contributed by atoms with Gasteiger partial charge >= 0.3 is 5.97 Å². The molecule has 88 valence electrons. The van der Waals surface area contributed by atoms with Crippen LogP contribution < -0.4 is 5.73 Å². The minimum Gasteiger partial charge on any atom is -0.481 e. The van der Waals surface area contributed by atoms with Gasteiger partial charge < -0.3 is 15.9 Å². The van der Waals surface area contributed by atoms with Gasteiger partial charge in [0.05, 0.1) is 5.92 Å². The molecule has 0 radical (unpaired) electrons. The second kappa shape index (κ2) is 7.23. The molecule has 15 heavy (non-hydrogen) atoms. The minimum absolute atomic E-state index is 0.0993. The van der Waals surface area contributed by atoms with Gasteiger partial charge in [-0.2, -0.15) is 0 Å². The third-order valence-corrected chi connectivity index (χ3v) is 2.53. The van der Waals surface area contributed by atoms with Crippen LogP contribution in [0.15, 0.2) is 0 Å². The molecule has 0 aromatic carbocycles. The van der Waals surface area contributed by atoms with Crippen LogP contribution in [0.4, 0.5) is 0 Å². The zero-order valence-corrected chi connectivity index (χ0v) is 8.98. The maximum atomic E-state index is 10.5. The fourth-order valence-corrected chi connectivity index (χ4v) is 1.65. The summed E-state index contributed by atoms with van der Waals surface area (Å²) in [5, 5.41) is 16.1. The topological polar surface area (TPSA) is 101 Å². The van der Waals surface area contributed by atoms with Gasteiger partial charge in [-0.25, -0.2) is 0 Å². The van der Waals surface area contributed by atoms with E-state index in [0.29, 0.717) is 12.5 Å². The maximum absolute atomic E-state index is 10.5. The summed E-state index contributed by atoms with van der Waals surface area (Å²) < 4.78 is 0. The van der Waals surface area contributed by atoms with E-state index < -0.39 is 11.9 Å². The first kappa shape index (κ1) is 13.9. The number of hydrogen-bond acceptors (Lipinski definition) is 3. The molecule has 0 spiro atoms. The van der Waals surface area contributed by atoms with Gasteiger partial charge in [-0.3, -0.25) is 9.59 Å². The molecule has 1 saturated carbocycles. The van der Waals surface area contributed by atoms with Gasteiger partial charge in [0.2, 0.25) is 0 Å². The minimum atomic E-state index is -0.833. The number of rotatable bonds is 2. The molecule has 1 aliphatic carbocycles. The van der Waals surface area contributed by atoms with E-state index in [-0.39, 0.29) is 5.92 Å². The Morgan fingerprint density at radius 1 is 1.20 bits per heavy atom. The summed E-state index contributed by atoms with van der Waals surface area (Å²) in [7, 11) is 0. The van der Waals surface area contributed by atoms with Crippen LogP contribution in [0.5, 0.6) is 0 Å². The summed E-state index contributed by atoms with van der Waals surface area (Å²) in [5.41, 5.74) is 5.48. The highest BCUT2D eigenvalue weighted by Gasteiger charge is 2.24. The van der Waals surface area contributed by atoms with E-state index in [9.17, 15) is 4.79 Å². The van der Waals surface area contributed by atoms with Crippen LogP contribution in [-0.4, -0.2) is 28.7 Å². The zero-order chi connectivity index (χ0) is 11.8. The Morgan fingerprint density at radius 3 is 1.87 bits per heavy atom. The Bertz CT molecular complexity index is 205. The fraction of sp³-hybridized carbons (Fsp3) is 0.800. The first-order chi connectivity index (χ1) is 6.97. The smallest absolute Gasteiger partial charge is 0.306 e. The highest BCUT2D eigenvalue weighted by molar-refractivity contribution is 5.69. The molecule has 5 heteroatoms. The number of carboxylic acid groups (broad SMARTS) is 2. The third-order valence-electron chi connectivity index (χ3n) is 2.53. The lowest BCUT2D eigenvalue weighted by atomic mass is 9.82. The summed E-state index contributed by atoms with van der Waals surface area (Å²) in [5.74, 6) is -0.996. The predicted molar refractivity (Wildman–Crippen MR) is 55.4 cm³/mol. The molecule has 1 aliphatic rings. The van der Waals surface area contributed by atoms with E-state index in [1.54, 1.807) is 0 Å². The van der Waals surface area contributed by atoms with E-state index in [2.05, 4.69) is 0 Å². The Kier molecular flexibility index (Phi) is 6.70. The average Bonchev–Trinajstić information content (AvgIpc) is 2.17. The van der Waals surface area contributed by atoms with Crippen molar-refractivity contribution in [2.24, 2.45) is 17.6 Å². The molecular formula is C10H19NO4. The van der Waals surface area contributed by atoms with Crippen molar-refractivity contribution >= 4 is 11.9 Å². The molecule has 0 bridgehead atoms. The maximum Gasteiger partial charge on any atom is 0.306 e. The van der Waals surface area contributed by atoms with E-state index in [0.717, 1.165) is 32.6 Å². The molecule has 0 aromatic heterocycles. The summed E-state index contributed by atoms with van der Waals surface area (Å²) in [4.78, 5) is 19.5. The van der Waals surface area contributed by atoms with Crippen LogP contribution in [0, 0.1) is 11.8 Å². The van der Waals surface area contributed by atoms with Crippen LogP contribution >= 0.6 is 0 Å². The summed E-state index contributed by atoms with van der Waals surface area (Å²) >= 11 is 0. The van der Waals surface area contributed by atoms with Crippen molar-refractivity contribution in [3.05, 3.63) is 0 Å². The van der Waals surface area contributed by atoms with Crippen LogP contribution in [-0.2, 0) is 9.59 Å². The number of carboxylic acids is 2. The van der Waals surface area contributed by atoms with Crippen molar-refractivity contribution in [1.82, 2.24) is 0 Å². The lowest BCUT2D eigenvalue weighted by molar-refractivity contribution is -0.143. The van der Waals surface area contributed by atoms with Crippen molar-refractivity contribution in [2.75, 3.05) is 6.54 Å². The fourth-order valence-electron chi connectivity index (χ4n) is 1.65. The Balaban J connectivity index is 0.000000423. The molecule has 1 fully saturated rings. The van der Waals surface area contributed by atoms with E-state index in [1.165, 1.54) is 0 Å². The molecule has 0 atom stereocenters. The predicted octanol–water partition coefficient (Wildman–Crippen LogP) is 0.927. The van der Waals surface area contributed by atoms with Gasteiger partial charge in [-0.05, 0) is 38.1 Å². The molecule has 0 aliphatic heterocycles. The van der Waals surface area contributed by atoms with Crippen molar-refractivity contribution in [2.45, 2.75) is 32.6 Å². The Hall–Kier alpha value is -1.10. The normalized spacial score (nSPS) is 24.9. The van der Waals surface area contributed by atoms with E-state index in [4.69, 9.17) is 20.7 Å². The van der Waals surface area contributed by atoms with E-state index >= 15 is 0 Å². The van der Waals surface area contributed by atoms with Crippen LogP contribution in [0.1, 0.15) is 32.6 Å². The lowest BCUT2D eigenvalue weighted by Gasteiger charge is -2.24. The largest absolute Gasteiger partial charge is 0.481 e. The third kappa shape index (κ3) is 6.90. The van der Waals surface area contributed by atoms with Crippen LogP contribution in [0.2, 0.25) is 0 Å². The monoisotopic (exact) mass is 217 g/mol. The molecule has 5 nitrogen and oxygen atoms in total. The number of nitrogens with two attached hydrogens (primary N) is 1. The molecule has 0 amide bonds. The lowest BCUT2D eigenvalue weighted by Crippen LogP contribution is -2.25. The van der Waals surface area contributed by atoms with E-state index in [1.807, 2.05) is 0 Å². The molecular weight excluding hydrogens is 198 g/mol. The first-order valence-corrected chi connectivity index (χ1v) is 5.09. The number of aliphatic carboxylic acids is 2. The summed E-state index contributed by atoms with van der Waals surface area (Å²) in [6.07, 6.45) is 3.62. The summed E-state index contributed by atoms with van der Waals surface area (Å²) in [6.45, 7) is 1.80. The SMILES string of the molecule is CC(=O)O.NC[C@H]1CC[C@H](C(=O)O)CC1. The second-order valence-electron chi connectivity index (χ2n) is 3.81. The number of carbonyl (C=O) groups is 2. The highest BCUT2D eigenvalue weighted by atomic mass is 16.4. The number of hydrogen-bond donors (Lipinski definition) is 3. The van der Waals surface area contributed by atoms with Crippen molar-refractivity contribution in [3.63, 3.8) is 0 Å². The van der Waals surface area contributed by atoms with Crippen LogP contribution in [0.3, 0.4) is 0 Å². The van der Waals surface area contributed by atoms with Gasteiger partial charge in [0, 0.05) is 6.92 Å². The van der Waals surface area contributed by atoms with Gasteiger partial charge in [0.25, 0.3) is 5.97 Å². The van der Waals surface area contributed by atoms with Gasteiger partial charge in [-0.15, -0.1) is 0 Å². The standard InChI is InChI=1S/C8H15NO2.C2H4O2/c9-5-6-1-3-7(4-2-6)8(10)11;1-2(3)4/h6-7H,1-5,9H2,(H,10,11);1H3,(H,3,4)/t6-,7-;. The van der Waals surface area contributed by atoms with Gasteiger partial charge in [-0.1, -0.05) is 0 Å². The molecule has 1 rings (SSSR count). The Morgan fingerprint density at radius 2 is 1.60 bits per heavy atom. The highest BCUT2D eigenvalue weighted by Crippen LogP contribution is 2.27. The zero-order valence-electron chi connectivity index (χ0n) is 8.98. The van der Waals surface area contributed by atoms with Crippen molar-refractivity contribution < 1.29 is 19.8 Å². The van der Waals surface area contributed by atoms with Crippen molar-refractivity contribution in [1.29, 1.82) is 0 Å².